The molecular weight excluding hydrogens is 210 g/mol. The Labute approximate surface area is 107 Å². The van der Waals surface area contributed by atoms with Crippen molar-refractivity contribution < 1.29 is 4.79 Å². The molecule has 2 aliphatic rings. The van der Waals surface area contributed by atoms with E-state index in [1.165, 1.54) is 19.3 Å². The Morgan fingerprint density at radius 3 is 1.88 bits per heavy atom. The highest BCUT2D eigenvalue weighted by Crippen LogP contribution is 2.40. The topological polar surface area (TPSA) is 20.3 Å². The summed E-state index contributed by atoms with van der Waals surface area (Å²) in [5.74, 6) is 1.35. The van der Waals surface area contributed by atoms with Gasteiger partial charge in [0.1, 0.15) is 0 Å². The quantitative estimate of drug-likeness (QED) is 0.680. The number of nitrogens with zero attached hydrogens (tertiary/aromatic N) is 1. The molecule has 17 heavy (non-hydrogen) atoms. The zero-order chi connectivity index (χ0) is 13.1. The van der Waals surface area contributed by atoms with Crippen LogP contribution in [0.15, 0.2) is 0 Å². The summed E-state index contributed by atoms with van der Waals surface area (Å²) in [7, 11) is 0. The van der Waals surface area contributed by atoms with Gasteiger partial charge in [-0.1, -0.05) is 27.2 Å². The Morgan fingerprint density at radius 1 is 1.18 bits per heavy atom. The van der Waals surface area contributed by atoms with Crippen molar-refractivity contribution in [3.8, 4) is 0 Å². The first-order chi connectivity index (χ1) is 7.82. The summed E-state index contributed by atoms with van der Waals surface area (Å²) < 4.78 is 0. The lowest BCUT2D eigenvalue weighted by Gasteiger charge is -2.37. The van der Waals surface area contributed by atoms with Crippen LogP contribution in [0.2, 0.25) is 0 Å². The SMILES string of the molecule is CC(C)(C)C1CCC1.CC(C)N1CCCC1=O. The summed E-state index contributed by atoms with van der Waals surface area (Å²) in [5.41, 5.74) is 0.595. The van der Waals surface area contributed by atoms with Gasteiger partial charge in [0, 0.05) is 19.0 Å². The van der Waals surface area contributed by atoms with Gasteiger partial charge in [0.05, 0.1) is 0 Å². The number of amides is 1. The van der Waals surface area contributed by atoms with Gasteiger partial charge in [-0.05, 0) is 44.4 Å². The Morgan fingerprint density at radius 2 is 1.76 bits per heavy atom. The highest BCUT2D eigenvalue weighted by Gasteiger charge is 2.29. The van der Waals surface area contributed by atoms with Gasteiger partial charge in [-0.15, -0.1) is 0 Å². The molecule has 0 atom stereocenters. The van der Waals surface area contributed by atoms with Crippen LogP contribution in [-0.2, 0) is 4.79 Å². The molecule has 0 aromatic rings. The van der Waals surface area contributed by atoms with Crippen LogP contribution in [-0.4, -0.2) is 23.4 Å². The van der Waals surface area contributed by atoms with Crippen molar-refractivity contribution in [3.63, 3.8) is 0 Å². The number of hydrogen-bond donors (Lipinski definition) is 0. The van der Waals surface area contributed by atoms with Crippen molar-refractivity contribution in [2.24, 2.45) is 11.3 Å². The average Bonchev–Trinajstić information content (AvgIpc) is 2.45. The molecule has 0 aromatic heterocycles. The van der Waals surface area contributed by atoms with Crippen molar-refractivity contribution >= 4 is 5.91 Å². The Bertz CT molecular complexity index is 248. The van der Waals surface area contributed by atoms with Gasteiger partial charge in [0.2, 0.25) is 5.91 Å². The van der Waals surface area contributed by atoms with Gasteiger partial charge in [-0.25, -0.2) is 0 Å². The third-order valence-electron chi connectivity index (χ3n) is 4.06. The minimum absolute atomic E-state index is 0.324. The Hall–Kier alpha value is -0.530. The van der Waals surface area contributed by atoms with E-state index in [4.69, 9.17) is 0 Å². The maximum atomic E-state index is 10.9. The first kappa shape index (κ1) is 14.5. The van der Waals surface area contributed by atoms with E-state index in [9.17, 15) is 4.79 Å². The molecule has 2 rings (SSSR count). The predicted molar refractivity (Wildman–Crippen MR) is 72.9 cm³/mol. The number of likely N-dealkylation sites (tertiary alicyclic amines) is 1. The zero-order valence-corrected chi connectivity index (χ0v) is 12.3. The summed E-state index contributed by atoms with van der Waals surface area (Å²) >= 11 is 0. The summed E-state index contributed by atoms with van der Waals surface area (Å²) in [6, 6.07) is 0.403. The van der Waals surface area contributed by atoms with Crippen LogP contribution in [0.5, 0.6) is 0 Å². The first-order valence-corrected chi connectivity index (χ1v) is 7.12. The van der Waals surface area contributed by atoms with Crippen LogP contribution < -0.4 is 0 Å². The van der Waals surface area contributed by atoms with E-state index in [-0.39, 0.29) is 0 Å². The Kier molecular flexibility index (Phi) is 5.03. The van der Waals surface area contributed by atoms with E-state index in [1.807, 2.05) is 4.90 Å². The van der Waals surface area contributed by atoms with Crippen molar-refractivity contribution in [2.75, 3.05) is 6.54 Å². The molecule has 1 heterocycles. The summed E-state index contributed by atoms with van der Waals surface area (Å²) in [6.45, 7) is 12.1. The number of carbonyl (C=O) groups excluding carboxylic acids is 1. The van der Waals surface area contributed by atoms with E-state index in [1.54, 1.807) is 0 Å². The molecule has 0 spiro atoms. The third kappa shape index (κ3) is 4.33. The molecule has 0 bridgehead atoms. The molecule has 2 fully saturated rings. The van der Waals surface area contributed by atoms with Crippen LogP contribution in [0.4, 0.5) is 0 Å². The van der Waals surface area contributed by atoms with E-state index in [0.29, 0.717) is 17.4 Å². The maximum Gasteiger partial charge on any atom is 0.222 e. The number of rotatable bonds is 1. The smallest absolute Gasteiger partial charge is 0.222 e. The zero-order valence-electron chi connectivity index (χ0n) is 12.3. The lowest BCUT2D eigenvalue weighted by atomic mass is 9.69. The lowest BCUT2D eigenvalue weighted by Crippen LogP contribution is -2.31. The molecule has 1 aliphatic heterocycles. The molecule has 2 heteroatoms. The molecule has 2 nitrogen and oxygen atoms in total. The minimum Gasteiger partial charge on any atom is -0.340 e. The molecule has 0 N–H and O–H groups in total. The van der Waals surface area contributed by atoms with Crippen LogP contribution in [0.3, 0.4) is 0 Å². The van der Waals surface area contributed by atoms with Gasteiger partial charge >= 0.3 is 0 Å². The largest absolute Gasteiger partial charge is 0.340 e. The monoisotopic (exact) mass is 239 g/mol. The average molecular weight is 239 g/mol. The van der Waals surface area contributed by atoms with Crippen molar-refractivity contribution in [2.45, 2.75) is 72.8 Å². The van der Waals surface area contributed by atoms with Crippen molar-refractivity contribution in [1.29, 1.82) is 0 Å². The van der Waals surface area contributed by atoms with E-state index in [2.05, 4.69) is 34.6 Å². The van der Waals surface area contributed by atoms with Crippen molar-refractivity contribution in [3.05, 3.63) is 0 Å². The van der Waals surface area contributed by atoms with Crippen LogP contribution >= 0.6 is 0 Å². The normalized spacial score (nSPS) is 21.3. The maximum absolute atomic E-state index is 10.9. The fourth-order valence-corrected chi connectivity index (χ4v) is 2.49. The summed E-state index contributed by atoms with van der Waals surface area (Å²) in [4.78, 5) is 12.9. The van der Waals surface area contributed by atoms with Crippen molar-refractivity contribution in [1.82, 2.24) is 4.90 Å². The second-order valence-electron chi connectivity index (χ2n) is 6.78. The molecule has 1 saturated carbocycles. The molecule has 1 aliphatic carbocycles. The second-order valence-corrected chi connectivity index (χ2v) is 6.78. The highest BCUT2D eigenvalue weighted by atomic mass is 16.2. The van der Waals surface area contributed by atoms with Gasteiger partial charge < -0.3 is 4.90 Å². The highest BCUT2D eigenvalue weighted by molar-refractivity contribution is 5.78. The number of carbonyl (C=O) groups is 1. The molecule has 0 radical (unpaired) electrons. The standard InChI is InChI=1S/C8H16.C7H13NO/c1-8(2,3)7-5-4-6-7;1-6(2)8-5-3-4-7(8)9/h7H,4-6H2,1-3H3;6H,3-5H2,1-2H3. The van der Waals surface area contributed by atoms with Gasteiger partial charge in [-0.2, -0.15) is 0 Å². The van der Waals surface area contributed by atoms with E-state index < -0.39 is 0 Å². The fourth-order valence-electron chi connectivity index (χ4n) is 2.49. The summed E-state index contributed by atoms with van der Waals surface area (Å²) in [5, 5.41) is 0. The lowest BCUT2D eigenvalue weighted by molar-refractivity contribution is -0.129. The molecule has 1 saturated heterocycles. The molecule has 100 valence electrons. The predicted octanol–water partition coefficient (Wildman–Crippen LogP) is 3.85. The third-order valence-corrected chi connectivity index (χ3v) is 4.06. The Balaban J connectivity index is 0.000000171. The summed E-state index contributed by atoms with van der Waals surface area (Å²) in [6.07, 6.45) is 6.24. The first-order valence-electron chi connectivity index (χ1n) is 7.12. The van der Waals surface area contributed by atoms with E-state index in [0.717, 1.165) is 25.3 Å². The minimum atomic E-state index is 0.324. The molecule has 1 amide bonds. The van der Waals surface area contributed by atoms with Gasteiger partial charge in [-0.3, -0.25) is 4.79 Å². The van der Waals surface area contributed by atoms with Crippen LogP contribution in [0, 0.1) is 11.3 Å². The van der Waals surface area contributed by atoms with Crippen LogP contribution in [0.25, 0.3) is 0 Å². The number of hydrogen-bond acceptors (Lipinski definition) is 1. The van der Waals surface area contributed by atoms with E-state index >= 15 is 0 Å². The van der Waals surface area contributed by atoms with Crippen LogP contribution in [0.1, 0.15) is 66.7 Å². The molecule has 0 aromatic carbocycles. The van der Waals surface area contributed by atoms with Gasteiger partial charge in [0.15, 0.2) is 0 Å². The second kappa shape index (κ2) is 5.88. The fraction of sp³-hybridized carbons (Fsp3) is 0.933. The van der Waals surface area contributed by atoms with Gasteiger partial charge in [0.25, 0.3) is 0 Å². The molecule has 0 unspecified atom stereocenters. The molecular formula is C15H29NO.